The molecule has 0 radical (unpaired) electrons. The first-order valence-corrected chi connectivity index (χ1v) is 11.0. The molecule has 0 N–H and O–H groups in total. The Balaban J connectivity index is 1.73. The van der Waals surface area contributed by atoms with Gasteiger partial charge in [-0.3, -0.25) is 0 Å². The minimum atomic E-state index is -3.45. The molecule has 0 amide bonds. The van der Waals surface area contributed by atoms with Crippen molar-refractivity contribution in [1.29, 1.82) is 0 Å². The SMILES string of the molecule is CCOc1cc(N2CCCN(S(=O)(=O)c3ccc(Br)s3)CC2)ncn1. The van der Waals surface area contributed by atoms with Crippen LogP contribution in [-0.2, 0) is 10.0 Å². The third-order valence-corrected chi connectivity index (χ3v) is 7.83. The van der Waals surface area contributed by atoms with Gasteiger partial charge in [-0.1, -0.05) is 0 Å². The standard InChI is InChI=1S/C15H19BrN4O3S2/c1-2-23-14-10-13(17-11-18-14)19-6-3-7-20(9-8-19)25(21,22)15-5-4-12(16)24-15/h4-5,10-11H,2-3,6-9H2,1H3. The van der Waals surface area contributed by atoms with Crippen LogP contribution < -0.4 is 9.64 Å². The normalized spacial score (nSPS) is 16.6. The first-order valence-electron chi connectivity index (χ1n) is 7.96. The van der Waals surface area contributed by atoms with Crippen LogP contribution in [-0.4, -0.2) is 55.5 Å². The predicted molar refractivity (Wildman–Crippen MR) is 101 cm³/mol. The molecule has 0 aliphatic carbocycles. The van der Waals surface area contributed by atoms with Crippen molar-refractivity contribution in [2.75, 3.05) is 37.7 Å². The molecule has 3 rings (SSSR count). The van der Waals surface area contributed by atoms with Crippen LogP contribution in [0.2, 0.25) is 0 Å². The molecule has 136 valence electrons. The molecule has 0 bridgehead atoms. The van der Waals surface area contributed by atoms with Crippen LogP contribution >= 0.6 is 27.3 Å². The van der Waals surface area contributed by atoms with Crippen LogP contribution in [0, 0.1) is 0 Å². The second-order valence-electron chi connectivity index (χ2n) is 5.45. The zero-order valence-corrected chi connectivity index (χ0v) is 17.0. The number of aromatic nitrogens is 2. The maximum Gasteiger partial charge on any atom is 0.252 e. The minimum absolute atomic E-state index is 0.369. The number of nitrogens with zero attached hydrogens (tertiary/aromatic N) is 4. The monoisotopic (exact) mass is 446 g/mol. The Morgan fingerprint density at radius 3 is 2.80 bits per heavy atom. The highest BCUT2D eigenvalue weighted by Crippen LogP contribution is 2.29. The molecule has 2 aromatic rings. The Hall–Kier alpha value is -1.23. The summed E-state index contributed by atoms with van der Waals surface area (Å²) in [7, 11) is -3.45. The van der Waals surface area contributed by atoms with E-state index in [-0.39, 0.29) is 0 Å². The fraction of sp³-hybridized carbons (Fsp3) is 0.467. The molecule has 0 atom stereocenters. The van der Waals surface area contributed by atoms with Crippen molar-refractivity contribution in [2.45, 2.75) is 17.6 Å². The largest absolute Gasteiger partial charge is 0.478 e. The molecule has 0 spiro atoms. The first kappa shape index (κ1) is 18.6. The second kappa shape index (κ2) is 7.98. The zero-order chi connectivity index (χ0) is 17.9. The van der Waals surface area contributed by atoms with Crippen LogP contribution in [0.25, 0.3) is 0 Å². The third kappa shape index (κ3) is 4.30. The number of rotatable bonds is 5. The summed E-state index contributed by atoms with van der Waals surface area (Å²) in [5.74, 6) is 1.29. The van der Waals surface area contributed by atoms with E-state index in [1.165, 1.54) is 17.7 Å². The smallest absolute Gasteiger partial charge is 0.252 e. The summed E-state index contributed by atoms with van der Waals surface area (Å²) in [4.78, 5) is 10.4. The van der Waals surface area contributed by atoms with Gasteiger partial charge < -0.3 is 9.64 Å². The molecule has 0 saturated carbocycles. The van der Waals surface area contributed by atoms with Crippen molar-refractivity contribution < 1.29 is 13.2 Å². The molecule has 25 heavy (non-hydrogen) atoms. The van der Waals surface area contributed by atoms with Crippen LogP contribution in [0.1, 0.15) is 13.3 Å². The molecule has 2 aromatic heterocycles. The first-order chi connectivity index (χ1) is 12.0. The van der Waals surface area contributed by atoms with E-state index < -0.39 is 10.0 Å². The van der Waals surface area contributed by atoms with Gasteiger partial charge in [-0.2, -0.15) is 4.31 Å². The summed E-state index contributed by atoms with van der Waals surface area (Å²) in [6.07, 6.45) is 2.21. The molecule has 0 aromatic carbocycles. The van der Waals surface area contributed by atoms with Gasteiger partial charge in [-0.15, -0.1) is 11.3 Å². The highest BCUT2D eigenvalue weighted by atomic mass is 79.9. The average molecular weight is 447 g/mol. The fourth-order valence-corrected chi connectivity index (χ4v) is 6.29. The second-order valence-corrected chi connectivity index (χ2v) is 10.1. The molecular formula is C15H19BrN4O3S2. The number of anilines is 1. The van der Waals surface area contributed by atoms with Crippen molar-refractivity contribution in [2.24, 2.45) is 0 Å². The van der Waals surface area contributed by atoms with E-state index in [2.05, 4.69) is 30.8 Å². The summed E-state index contributed by atoms with van der Waals surface area (Å²) in [5.41, 5.74) is 0. The van der Waals surface area contributed by atoms with Gasteiger partial charge in [0.1, 0.15) is 16.4 Å². The Labute approximate surface area is 159 Å². The summed E-state index contributed by atoms with van der Waals surface area (Å²) in [5, 5.41) is 0. The van der Waals surface area contributed by atoms with Gasteiger partial charge >= 0.3 is 0 Å². The van der Waals surface area contributed by atoms with Gasteiger partial charge in [0.2, 0.25) is 5.88 Å². The molecule has 3 heterocycles. The van der Waals surface area contributed by atoms with Crippen molar-refractivity contribution in [3.05, 3.63) is 28.3 Å². The van der Waals surface area contributed by atoms with Gasteiger partial charge in [-0.05, 0) is 41.4 Å². The van der Waals surface area contributed by atoms with E-state index in [1.807, 2.05) is 6.92 Å². The highest BCUT2D eigenvalue weighted by Gasteiger charge is 2.28. The lowest BCUT2D eigenvalue weighted by atomic mass is 10.4. The van der Waals surface area contributed by atoms with Crippen LogP contribution in [0.4, 0.5) is 5.82 Å². The van der Waals surface area contributed by atoms with Gasteiger partial charge in [0.15, 0.2) is 0 Å². The van der Waals surface area contributed by atoms with E-state index >= 15 is 0 Å². The maximum absolute atomic E-state index is 12.8. The lowest BCUT2D eigenvalue weighted by Crippen LogP contribution is -2.35. The molecule has 10 heteroatoms. The van der Waals surface area contributed by atoms with Gasteiger partial charge in [0.25, 0.3) is 10.0 Å². The topological polar surface area (TPSA) is 75.6 Å². The van der Waals surface area contributed by atoms with Gasteiger partial charge in [-0.25, -0.2) is 18.4 Å². The molecule has 0 unspecified atom stereocenters. The lowest BCUT2D eigenvalue weighted by Gasteiger charge is -2.22. The molecule has 1 aliphatic rings. The van der Waals surface area contributed by atoms with Crippen molar-refractivity contribution in [3.63, 3.8) is 0 Å². The van der Waals surface area contributed by atoms with Gasteiger partial charge in [0, 0.05) is 32.2 Å². The van der Waals surface area contributed by atoms with E-state index in [0.29, 0.717) is 36.3 Å². The number of hydrogen-bond donors (Lipinski definition) is 0. The third-order valence-electron chi connectivity index (χ3n) is 3.84. The molecule has 1 fully saturated rings. The molecule has 7 nitrogen and oxygen atoms in total. The van der Waals surface area contributed by atoms with Gasteiger partial charge in [0.05, 0.1) is 10.4 Å². The van der Waals surface area contributed by atoms with Crippen molar-refractivity contribution in [3.8, 4) is 5.88 Å². The summed E-state index contributed by atoms with van der Waals surface area (Å²) >= 11 is 4.56. The molecular weight excluding hydrogens is 428 g/mol. The Morgan fingerprint density at radius 2 is 2.08 bits per heavy atom. The Morgan fingerprint density at radius 1 is 1.24 bits per heavy atom. The maximum atomic E-state index is 12.8. The average Bonchev–Trinajstić information content (AvgIpc) is 2.89. The highest BCUT2D eigenvalue weighted by molar-refractivity contribution is 9.11. The number of sulfonamides is 1. The molecule has 1 aliphatic heterocycles. The lowest BCUT2D eigenvalue weighted by molar-refractivity contribution is 0.326. The van der Waals surface area contributed by atoms with Crippen LogP contribution in [0.5, 0.6) is 5.88 Å². The Kier molecular flexibility index (Phi) is 5.92. The van der Waals surface area contributed by atoms with E-state index in [0.717, 1.165) is 22.6 Å². The summed E-state index contributed by atoms with van der Waals surface area (Å²) < 4.78 is 33.7. The van der Waals surface area contributed by atoms with Crippen molar-refractivity contribution >= 4 is 43.1 Å². The number of thiophene rings is 1. The minimum Gasteiger partial charge on any atom is -0.478 e. The number of ether oxygens (including phenoxy) is 1. The summed E-state index contributed by atoms with van der Waals surface area (Å²) in [6.45, 7) is 4.68. The number of halogens is 1. The van der Waals surface area contributed by atoms with E-state index in [1.54, 1.807) is 22.5 Å². The number of hydrogen-bond acceptors (Lipinski definition) is 7. The predicted octanol–water partition coefficient (Wildman–Crippen LogP) is 2.60. The summed E-state index contributed by atoms with van der Waals surface area (Å²) in [6, 6.07) is 5.20. The van der Waals surface area contributed by atoms with Crippen molar-refractivity contribution in [1.82, 2.24) is 14.3 Å². The fourth-order valence-electron chi connectivity index (χ4n) is 2.66. The zero-order valence-electron chi connectivity index (χ0n) is 13.8. The quantitative estimate of drug-likeness (QED) is 0.702. The van der Waals surface area contributed by atoms with E-state index in [4.69, 9.17) is 4.74 Å². The molecule has 1 saturated heterocycles. The Bertz CT molecular complexity index is 828. The van der Waals surface area contributed by atoms with Crippen LogP contribution in [0.15, 0.2) is 32.5 Å². The van der Waals surface area contributed by atoms with Crippen LogP contribution in [0.3, 0.4) is 0 Å². The van der Waals surface area contributed by atoms with E-state index in [9.17, 15) is 8.42 Å².